The molecule has 0 aliphatic carbocycles. The molecule has 0 rings (SSSR count). The minimum absolute atomic E-state index is 0.107. The van der Waals surface area contributed by atoms with Crippen molar-refractivity contribution in [1.82, 2.24) is 0 Å². The van der Waals surface area contributed by atoms with Crippen LogP contribution in [0.3, 0.4) is 0 Å². The van der Waals surface area contributed by atoms with E-state index < -0.39 is 97.5 Å². The summed E-state index contributed by atoms with van der Waals surface area (Å²) in [7, 11) is -9.90. The Morgan fingerprint density at radius 1 is 0.261 bits per heavy atom. The molecule has 0 aromatic carbocycles. The lowest BCUT2D eigenvalue weighted by Crippen LogP contribution is -2.30. The first-order chi connectivity index (χ1) is 44.7. The molecular weight excluding hydrogens is 1210 g/mol. The molecule has 0 bridgehead atoms. The number of hydrogen-bond acceptors (Lipinski definition) is 15. The molecule has 0 heterocycles. The first-order valence-corrected chi connectivity index (χ1v) is 41.3. The Balaban J connectivity index is 5.19. The largest absolute Gasteiger partial charge is 0.472 e. The van der Waals surface area contributed by atoms with Gasteiger partial charge in [-0.15, -0.1) is 0 Å². The summed E-state index contributed by atoms with van der Waals surface area (Å²) < 4.78 is 68.3. The standard InChI is InChI=1S/C73H142O17P2/c1-5-9-13-17-21-25-28-30-32-33-34-35-36-38-41-44-48-52-56-60-73(78)90-69(64-84-71(76)58-54-50-46-42-40-37-31-29-26-22-18-14-10-6-2)66-88-92(81,82)86-62-67(74)61-85-91(79,80)87-65-68(63-83-70(75)57-53-49-45-24-20-16-12-8-4)89-72(77)59-55-51-47-43-39-27-23-19-15-11-7-3/h67-69,74H,5-66H2,1-4H3,(H,79,80)(H,81,82)/t67-,68+,69+/m0/s1. The smallest absolute Gasteiger partial charge is 0.462 e. The molecule has 19 heteroatoms. The summed E-state index contributed by atoms with van der Waals surface area (Å²) in [6, 6.07) is 0. The van der Waals surface area contributed by atoms with Gasteiger partial charge >= 0.3 is 39.5 Å². The highest BCUT2D eigenvalue weighted by atomic mass is 31.2. The van der Waals surface area contributed by atoms with Crippen molar-refractivity contribution in [2.45, 2.75) is 406 Å². The maximum absolute atomic E-state index is 13.1. The van der Waals surface area contributed by atoms with E-state index in [1.54, 1.807) is 0 Å². The normalized spacial score (nSPS) is 13.9. The van der Waals surface area contributed by atoms with Gasteiger partial charge in [-0.2, -0.15) is 0 Å². The number of phosphoric ester groups is 2. The number of carbonyl (C=O) groups is 4. The second kappa shape index (κ2) is 67.6. The molecule has 0 aromatic rings. The maximum Gasteiger partial charge on any atom is 0.472 e. The highest BCUT2D eigenvalue weighted by Gasteiger charge is 2.30. The van der Waals surface area contributed by atoms with Gasteiger partial charge < -0.3 is 33.8 Å². The van der Waals surface area contributed by atoms with Crippen LogP contribution in [0.15, 0.2) is 0 Å². The third-order valence-electron chi connectivity index (χ3n) is 17.1. The van der Waals surface area contributed by atoms with Crippen molar-refractivity contribution >= 4 is 39.5 Å². The van der Waals surface area contributed by atoms with Crippen LogP contribution in [0.1, 0.15) is 387 Å². The van der Waals surface area contributed by atoms with Gasteiger partial charge in [-0.05, 0) is 25.7 Å². The van der Waals surface area contributed by atoms with E-state index in [0.717, 1.165) is 96.3 Å². The number of rotatable bonds is 74. The molecule has 3 N–H and O–H groups in total. The van der Waals surface area contributed by atoms with Gasteiger partial charge in [0.15, 0.2) is 12.2 Å². The summed E-state index contributed by atoms with van der Waals surface area (Å²) in [6.45, 7) is 4.94. The molecular formula is C73H142O17P2. The Labute approximate surface area is 562 Å². The maximum atomic E-state index is 13.1. The van der Waals surface area contributed by atoms with E-state index in [0.29, 0.717) is 25.7 Å². The molecule has 0 saturated heterocycles. The van der Waals surface area contributed by atoms with Crippen LogP contribution in [0.25, 0.3) is 0 Å². The molecule has 546 valence electrons. The fraction of sp³-hybridized carbons (Fsp3) is 0.945. The van der Waals surface area contributed by atoms with E-state index in [-0.39, 0.29) is 25.7 Å². The van der Waals surface area contributed by atoms with Crippen molar-refractivity contribution in [3.63, 3.8) is 0 Å². The fourth-order valence-corrected chi connectivity index (χ4v) is 12.8. The molecule has 0 saturated carbocycles. The van der Waals surface area contributed by atoms with E-state index in [9.17, 15) is 43.2 Å². The van der Waals surface area contributed by atoms with Crippen LogP contribution < -0.4 is 0 Å². The number of aliphatic hydroxyl groups excluding tert-OH is 1. The van der Waals surface area contributed by atoms with Crippen LogP contribution in [0, 0.1) is 0 Å². The summed E-state index contributed by atoms with van der Waals surface area (Å²) in [5.41, 5.74) is 0. The van der Waals surface area contributed by atoms with Gasteiger partial charge in [0.25, 0.3) is 0 Å². The van der Waals surface area contributed by atoms with Gasteiger partial charge in [-0.1, -0.05) is 336 Å². The van der Waals surface area contributed by atoms with Crippen molar-refractivity contribution in [2.24, 2.45) is 0 Å². The summed E-state index contributed by atoms with van der Waals surface area (Å²) in [5.74, 6) is -2.12. The summed E-state index contributed by atoms with van der Waals surface area (Å²) in [6.07, 6.45) is 56.9. The Morgan fingerprint density at radius 2 is 0.435 bits per heavy atom. The minimum Gasteiger partial charge on any atom is -0.462 e. The lowest BCUT2D eigenvalue weighted by molar-refractivity contribution is -0.161. The van der Waals surface area contributed by atoms with E-state index in [1.807, 2.05) is 0 Å². The number of ether oxygens (including phenoxy) is 4. The fourth-order valence-electron chi connectivity index (χ4n) is 11.2. The SMILES string of the molecule is CCCCCCCCCCCCCCCCCCCCCC(=O)O[C@H](COC(=O)CCCCCCCCCCCCCCCC)COP(=O)(O)OC[C@@H](O)COP(=O)(O)OC[C@@H](COC(=O)CCCCCCCCCC)OC(=O)CCCCCCCCCCCCC. The molecule has 0 fully saturated rings. The molecule has 0 aliphatic heterocycles. The van der Waals surface area contributed by atoms with Gasteiger partial charge in [0, 0.05) is 25.7 Å². The zero-order chi connectivity index (χ0) is 67.5. The van der Waals surface area contributed by atoms with Crippen LogP contribution in [-0.2, 0) is 65.4 Å². The number of phosphoric acid groups is 2. The zero-order valence-corrected chi connectivity index (χ0v) is 61.3. The Bertz CT molecular complexity index is 1760. The zero-order valence-electron chi connectivity index (χ0n) is 59.5. The van der Waals surface area contributed by atoms with Crippen LogP contribution in [-0.4, -0.2) is 96.7 Å². The molecule has 17 nitrogen and oxygen atoms in total. The van der Waals surface area contributed by atoms with Gasteiger partial charge in [0.1, 0.15) is 19.3 Å². The van der Waals surface area contributed by atoms with Gasteiger partial charge in [-0.3, -0.25) is 37.3 Å². The Hall–Kier alpha value is -1.94. The molecule has 2 unspecified atom stereocenters. The highest BCUT2D eigenvalue weighted by Crippen LogP contribution is 2.45. The number of carbonyl (C=O) groups excluding carboxylic acids is 4. The average molecular weight is 1350 g/mol. The minimum atomic E-state index is -4.95. The van der Waals surface area contributed by atoms with E-state index >= 15 is 0 Å². The summed E-state index contributed by atoms with van der Waals surface area (Å²) >= 11 is 0. The Kier molecular flexibility index (Phi) is 66.2. The first-order valence-electron chi connectivity index (χ1n) is 38.3. The predicted octanol–water partition coefficient (Wildman–Crippen LogP) is 21.4. The third kappa shape index (κ3) is 66.7. The van der Waals surface area contributed by atoms with Crippen molar-refractivity contribution in [1.29, 1.82) is 0 Å². The average Bonchev–Trinajstić information content (AvgIpc) is 2.77. The summed E-state index contributed by atoms with van der Waals surface area (Å²) in [4.78, 5) is 72.6. The third-order valence-corrected chi connectivity index (χ3v) is 19.0. The number of aliphatic hydroxyl groups is 1. The van der Waals surface area contributed by atoms with Crippen molar-refractivity contribution in [3.05, 3.63) is 0 Å². The van der Waals surface area contributed by atoms with Crippen molar-refractivity contribution in [2.75, 3.05) is 39.6 Å². The number of hydrogen-bond donors (Lipinski definition) is 3. The number of unbranched alkanes of at least 4 members (excludes halogenated alkanes) is 48. The second-order valence-electron chi connectivity index (χ2n) is 26.3. The lowest BCUT2D eigenvalue weighted by Gasteiger charge is -2.21. The molecule has 0 aliphatic rings. The Morgan fingerprint density at radius 3 is 0.641 bits per heavy atom. The van der Waals surface area contributed by atoms with Crippen LogP contribution in [0.4, 0.5) is 0 Å². The van der Waals surface area contributed by atoms with E-state index in [4.69, 9.17) is 37.0 Å². The molecule has 0 spiro atoms. The number of esters is 4. The quantitative estimate of drug-likeness (QED) is 0.0222. The molecule has 0 aromatic heterocycles. The van der Waals surface area contributed by atoms with Crippen molar-refractivity contribution in [3.8, 4) is 0 Å². The lowest BCUT2D eigenvalue weighted by atomic mass is 10.0. The molecule has 92 heavy (non-hydrogen) atoms. The van der Waals surface area contributed by atoms with Crippen LogP contribution in [0.2, 0.25) is 0 Å². The van der Waals surface area contributed by atoms with Gasteiger partial charge in [0.2, 0.25) is 0 Å². The first kappa shape index (κ1) is 90.1. The van der Waals surface area contributed by atoms with Crippen LogP contribution >= 0.6 is 15.6 Å². The van der Waals surface area contributed by atoms with Gasteiger partial charge in [-0.25, -0.2) is 9.13 Å². The van der Waals surface area contributed by atoms with E-state index in [1.165, 1.54) is 212 Å². The van der Waals surface area contributed by atoms with Gasteiger partial charge in [0.05, 0.1) is 26.4 Å². The van der Waals surface area contributed by atoms with Crippen LogP contribution in [0.5, 0.6) is 0 Å². The molecule has 5 atom stereocenters. The monoisotopic (exact) mass is 1350 g/mol. The van der Waals surface area contributed by atoms with E-state index in [2.05, 4.69) is 27.7 Å². The molecule has 0 amide bonds. The van der Waals surface area contributed by atoms with Crippen molar-refractivity contribution < 1.29 is 80.2 Å². The highest BCUT2D eigenvalue weighted by molar-refractivity contribution is 7.47. The molecule has 0 radical (unpaired) electrons. The second-order valence-corrected chi connectivity index (χ2v) is 29.2. The topological polar surface area (TPSA) is 237 Å². The summed E-state index contributed by atoms with van der Waals surface area (Å²) in [5, 5.41) is 10.6. The predicted molar refractivity (Wildman–Crippen MR) is 372 cm³/mol.